The van der Waals surface area contributed by atoms with Crippen LogP contribution in [0.2, 0.25) is 0 Å². The van der Waals surface area contributed by atoms with Crippen LogP contribution in [0.5, 0.6) is 0 Å². The van der Waals surface area contributed by atoms with Crippen molar-refractivity contribution in [3.63, 3.8) is 0 Å². The fraction of sp³-hybridized carbons (Fsp3) is 1.00. The van der Waals surface area contributed by atoms with Crippen molar-refractivity contribution in [1.82, 2.24) is 0 Å². The van der Waals surface area contributed by atoms with E-state index in [1.165, 1.54) is 25.7 Å². The van der Waals surface area contributed by atoms with Gasteiger partial charge in [-0.2, -0.15) is 0 Å². The molecule has 0 aromatic heterocycles. The van der Waals surface area contributed by atoms with Crippen LogP contribution < -0.4 is 5.73 Å². The average Bonchev–Trinajstić information content (AvgIpc) is 2.36. The minimum Gasteiger partial charge on any atom is -0.370 e. The molecular formula is C11H21NO. The van der Waals surface area contributed by atoms with E-state index in [1.807, 2.05) is 0 Å². The smallest absolute Gasteiger partial charge is 0.0728 e. The van der Waals surface area contributed by atoms with E-state index in [1.54, 1.807) is 0 Å². The molecule has 1 aliphatic carbocycles. The van der Waals surface area contributed by atoms with Gasteiger partial charge in [-0.05, 0) is 32.1 Å². The van der Waals surface area contributed by atoms with Crippen LogP contribution in [0.25, 0.3) is 0 Å². The first-order valence-corrected chi connectivity index (χ1v) is 5.57. The van der Waals surface area contributed by atoms with Gasteiger partial charge in [-0.25, -0.2) is 0 Å². The zero-order valence-corrected chi connectivity index (χ0v) is 8.75. The molecule has 2 heteroatoms. The fourth-order valence-corrected chi connectivity index (χ4v) is 2.93. The minimum atomic E-state index is 0.150. The highest BCUT2D eigenvalue weighted by molar-refractivity contribution is 4.99. The van der Waals surface area contributed by atoms with Gasteiger partial charge in [0.15, 0.2) is 0 Å². The first-order chi connectivity index (χ1) is 6.14. The zero-order chi connectivity index (χ0) is 9.47. The van der Waals surface area contributed by atoms with Gasteiger partial charge in [0.2, 0.25) is 0 Å². The Morgan fingerprint density at radius 2 is 2.08 bits per heavy atom. The maximum Gasteiger partial charge on any atom is 0.0728 e. The molecule has 1 saturated carbocycles. The quantitative estimate of drug-likeness (QED) is 0.624. The van der Waals surface area contributed by atoms with Crippen molar-refractivity contribution >= 4 is 0 Å². The third-order valence-electron chi connectivity index (χ3n) is 3.99. The van der Waals surface area contributed by atoms with Crippen molar-refractivity contribution in [3.8, 4) is 0 Å². The van der Waals surface area contributed by atoms with Gasteiger partial charge in [0, 0.05) is 6.04 Å². The molecule has 4 unspecified atom stereocenters. The molecule has 1 heterocycles. The molecule has 2 aliphatic rings. The summed E-state index contributed by atoms with van der Waals surface area (Å²) in [5, 5.41) is 0. The number of hydrogen-bond donors (Lipinski definition) is 1. The second-order valence-electron chi connectivity index (χ2n) is 4.90. The Kier molecular flexibility index (Phi) is 2.37. The predicted molar refractivity (Wildman–Crippen MR) is 53.5 cm³/mol. The molecule has 76 valence electrons. The van der Waals surface area contributed by atoms with Gasteiger partial charge in [-0.3, -0.25) is 0 Å². The summed E-state index contributed by atoms with van der Waals surface area (Å²) in [5.41, 5.74) is 6.17. The summed E-state index contributed by atoms with van der Waals surface area (Å²) in [6.45, 7) is 4.44. The lowest BCUT2D eigenvalue weighted by molar-refractivity contribution is -0.0903. The lowest BCUT2D eigenvalue weighted by Crippen LogP contribution is -2.39. The summed E-state index contributed by atoms with van der Waals surface area (Å²) in [5.74, 6) is 0.706. The zero-order valence-electron chi connectivity index (χ0n) is 8.75. The Bertz CT molecular complexity index is 183. The average molecular weight is 183 g/mol. The van der Waals surface area contributed by atoms with Crippen LogP contribution in [0.1, 0.15) is 46.0 Å². The van der Waals surface area contributed by atoms with E-state index in [2.05, 4.69) is 13.8 Å². The van der Waals surface area contributed by atoms with E-state index in [4.69, 9.17) is 10.5 Å². The minimum absolute atomic E-state index is 0.150. The number of ether oxygens (including phenoxy) is 1. The van der Waals surface area contributed by atoms with E-state index < -0.39 is 0 Å². The first kappa shape index (κ1) is 9.47. The van der Waals surface area contributed by atoms with Crippen molar-refractivity contribution in [2.24, 2.45) is 11.7 Å². The molecule has 0 radical (unpaired) electrons. The predicted octanol–water partition coefficient (Wildman–Crippen LogP) is 2.07. The molecule has 0 amide bonds. The summed E-state index contributed by atoms with van der Waals surface area (Å²) in [4.78, 5) is 0. The molecule has 1 saturated heterocycles. The lowest BCUT2D eigenvalue weighted by Gasteiger charge is -2.39. The van der Waals surface area contributed by atoms with Gasteiger partial charge >= 0.3 is 0 Å². The topological polar surface area (TPSA) is 35.2 Å². The summed E-state index contributed by atoms with van der Waals surface area (Å²) < 4.78 is 6.09. The molecule has 4 atom stereocenters. The van der Waals surface area contributed by atoms with Gasteiger partial charge in [0.05, 0.1) is 11.7 Å². The van der Waals surface area contributed by atoms with Crippen molar-refractivity contribution in [3.05, 3.63) is 0 Å². The Balaban J connectivity index is 2.11. The van der Waals surface area contributed by atoms with Crippen molar-refractivity contribution < 1.29 is 4.74 Å². The van der Waals surface area contributed by atoms with Crippen LogP contribution >= 0.6 is 0 Å². The van der Waals surface area contributed by atoms with Crippen LogP contribution in [0, 0.1) is 5.92 Å². The molecule has 13 heavy (non-hydrogen) atoms. The fourth-order valence-electron chi connectivity index (χ4n) is 2.93. The van der Waals surface area contributed by atoms with Gasteiger partial charge < -0.3 is 10.5 Å². The molecule has 0 bridgehead atoms. The third-order valence-corrected chi connectivity index (χ3v) is 3.99. The second-order valence-corrected chi connectivity index (χ2v) is 4.90. The van der Waals surface area contributed by atoms with Crippen molar-refractivity contribution in [1.29, 1.82) is 0 Å². The number of hydrogen-bond acceptors (Lipinski definition) is 2. The van der Waals surface area contributed by atoms with Crippen LogP contribution in [0.4, 0.5) is 0 Å². The van der Waals surface area contributed by atoms with Crippen LogP contribution in [0.15, 0.2) is 0 Å². The highest BCUT2D eigenvalue weighted by Gasteiger charge is 2.47. The Morgan fingerprint density at radius 3 is 2.62 bits per heavy atom. The first-order valence-electron chi connectivity index (χ1n) is 5.57. The lowest BCUT2D eigenvalue weighted by atomic mass is 9.74. The SMILES string of the molecule is CC1OC2(CCCCC2C)CC1N. The molecule has 2 nitrogen and oxygen atoms in total. The molecule has 2 fully saturated rings. The maximum atomic E-state index is 6.09. The van der Waals surface area contributed by atoms with Gasteiger partial charge in [-0.1, -0.05) is 19.8 Å². The summed E-state index contributed by atoms with van der Waals surface area (Å²) >= 11 is 0. The van der Waals surface area contributed by atoms with E-state index in [-0.39, 0.29) is 17.7 Å². The second kappa shape index (κ2) is 3.25. The monoisotopic (exact) mass is 183 g/mol. The highest BCUT2D eigenvalue weighted by Crippen LogP contribution is 2.44. The number of rotatable bonds is 0. The molecular weight excluding hydrogens is 162 g/mol. The summed E-state index contributed by atoms with van der Waals surface area (Å²) in [7, 11) is 0. The molecule has 1 aliphatic heterocycles. The molecule has 2 N–H and O–H groups in total. The van der Waals surface area contributed by atoms with E-state index >= 15 is 0 Å². The Morgan fingerprint density at radius 1 is 1.31 bits per heavy atom. The van der Waals surface area contributed by atoms with E-state index in [9.17, 15) is 0 Å². The van der Waals surface area contributed by atoms with Crippen molar-refractivity contribution in [2.75, 3.05) is 0 Å². The van der Waals surface area contributed by atoms with Gasteiger partial charge in [0.1, 0.15) is 0 Å². The maximum absolute atomic E-state index is 6.09. The van der Waals surface area contributed by atoms with E-state index in [0.29, 0.717) is 5.92 Å². The molecule has 0 aromatic carbocycles. The summed E-state index contributed by atoms with van der Waals surface area (Å²) in [6.07, 6.45) is 6.58. The standard InChI is InChI=1S/C11H21NO/c1-8-5-3-4-6-11(8)7-10(12)9(2)13-11/h8-10H,3-7,12H2,1-2H3. The third kappa shape index (κ3) is 1.50. The largest absolute Gasteiger partial charge is 0.370 e. The highest BCUT2D eigenvalue weighted by atomic mass is 16.5. The normalized spacial score (nSPS) is 51.5. The van der Waals surface area contributed by atoms with E-state index in [0.717, 1.165) is 6.42 Å². The molecule has 2 rings (SSSR count). The van der Waals surface area contributed by atoms with Gasteiger partial charge in [-0.15, -0.1) is 0 Å². The van der Waals surface area contributed by atoms with Crippen LogP contribution in [0.3, 0.4) is 0 Å². The summed E-state index contributed by atoms with van der Waals surface area (Å²) in [6, 6.07) is 0.264. The Labute approximate surface area is 80.8 Å². The van der Waals surface area contributed by atoms with Crippen molar-refractivity contribution in [2.45, 2.75) is 63.7 Å². The number of nitrogens with two attached hydrogens (primary N) is 1. The Hall–Kier alpha value is -0.0800. The molecule has 0 aromatic rings. The van der Waals surface area contributed by atoms with Gasteiger partial charge in [0.25, 0.3) is 0 Å². The molecule has 1 spiro atoms. The van der Waals surface area contributed by atoms with Crippen LogP contribution in [-0.2, 0) is 4.74 Å². The van der Waals surface area contributed by atoms with Crippen LogP contribution in [-0.4, -0.2) is 17.7 Å².